The zero-order valence-electron chi connectivity index (χ0n) is 11.3. The van der Waals surface area contributed by atoms with Gasteiger partial charge in [-0.2, -0.15) is 4.72 Å². The predicted molar refractivity (Wildman–Crippen MR) is 74.3 cm³/mol. The Morgan fingerprint density at radius 3 is 2.70 bits per heavy atom. The van der Waals surface area contributed by atoms with Crippen LogP contribution in [0.25, 0.3) is 0 Å². The minimum atomic E-state index is -3.66. The summed E-state index contributed by atoms with van der Waals surface area (Å²) in [6, 6.07) is 2.77. The molecular formula is C12H17N5O2S. The van der Waals surface area contributed by atoms with Gasteiger partial charge < -0.3 is 10.3 Å². The summed E-state index contributed by atoms with van der Waals surface area (Å²) in [5, 5.41) is 2.97. The predicted octanol–water partition coefficient (Wildman–Crippen LogP) is 0.564. The van der Waals surface area contributed by atoms with Crippen LogP contribution in [-0.2, 0) is 16.6 Å². The van der Waals surface area contributed by atoms with Crippen LogP contribution in [0, 0.1) is 0 Å². The number of imidazole rings is 1. The average Bonchev–Trinajstić information content (AvgIpc) is 2.93. The van der Waals surface area contributed by atoms with Gasteiger partial charge in [0.15, 0.2) is 5.03 Å². The molecule has 2 rings (SSSR count). The average molecular weight is 295 g/mol. The van der Waals surface area contributed by atoms with Crippen LogP contribution in [0.3, 0.4) is 0 Å². The van der Waals surface area contributed by atoms with E-state index in [1.54, 1.807) is 31.6 Å². The van der Waals surface area contributed by atoms with Crippen molar-refractivity contribution < 1.29 is 8.42 Å². The molecule has 1 atom stereocenters. The Labute approximate surface area is 117 Å². The summed E-state index contributed by atoms with van der Waals surface area (Å²) < 4.78 is 26.9. The second kappa shape index (κ2) is 6.12. The van der Waals surface area contributed by atoms with Crippen molar-refractivity contribution in [3.05, 3.63) is 42.1 Å². The minimum Gasteiger partial charge on any atom is -0.347 e. The molecule has 0 bridgehead atoms. The first-order chi connectivity index (χ1) is 9.53. The zero-order valence-corrected chi connectivity index (χ0v) is 12.1. The molecule has 0 saturated heterocycles. The Bertz CT molecular complexity index is 637. The first-order valence-corrected chi connectivity index (χ1v) is 7.62. The fourth-order valence-electron chi connectivity index (χ4n) is 1.74. The maximum atomic E-state index is 12.2. The number of pyridine rings is 1. The highest BCUT2D eigenvalue weighted by molar-refractivity contribution is 7.89. The van der Waals surface area contributed by atoms with Crippen LogP contribution in [0.5, 0.6) is 0 Å². The lowest BCUT2D eigenvalue weighted by molar-refractivity contribution is 0.557. The van der Waals surface area contributed by atoms with Crippen molar-refractivity contribution in [2.75, 3.05) is 7.05 Å². The van der Waals surface area contributed by atoms with Crippen LogP contribution >= 0.6 is 0 Å². The number of nitrogens with one attached hydrogen (secondary N) is 3. The van der Waals surface area contributed by atoms with Crippen LogP contribution in [-0.4, -0.2) is 30.4 Å². The molecule has 0 amide bonds. The molecule has 0 spiro atoms. The quantitative estimate of drug-likeness (QED) is 0.723. The Morgan fingerprint density at radius 2 is 2.15 bits per heavy atom. The maximum absolute atomic E-state index is 12.2. The lowest BCUT2D eigenvalue weighted by Gasteiger charge is -2.11. The van der Waals surface area contributed by atoms with Crippen molar-refractivity contribution in [2.45, 2.75) is 24.5 Å². The molecule has 7 nitrogen and oxygen atoms in total. The van der Waals surface area contributed by atoms with E-state index in [1.807, 2.05) is 7.05 Å². The minimum absolute atomic E-state index is 0.00393. The monoisotopic (exact) mass is 295 g/mol. The molecule has 0 aliphatic heterocycles. The lowest BCUT2D eigenvalue weighted by Crippen LogP contribution is -2.28. The fourth-order valence-corrected chi connectivity index (χ4v) is 2.88. The van der Waals surface area contributed by atoms with E-state index < -0.39 is 16.1 Å². The van der Waals surface area contributed by atoms with Gasteiger partial charge in [-0.3, -0.25) is 0 Å². The molecule has 1 unspecified atom stereocenters. The van der Waals surface area contributed by atoms with Crippen LogP contribution in [0.1, 0.15) is 24.4 Å². The molecule has 2 aromatic heterocycles. The Kier molecular flexibility index (Phi) is 4.48. The number of hydrogen-bond donors (Lipinski definition) is 3. The molecule has 3 N–H and O–H groups in total. The second-order valence-electron chi connectivity index (χ2n) is 4.35. The Hall–Kier alpha value is -1.77. The number of rotatable bonds is 6. The lowest BCUT2D eigenvalue weighted by atomic mass is 10.3. The van der Waals surface area contributed by atoms with E-state index in [-0.39, 0.29) is 5.03 Å². The van der Waals surface area contributed by atoms with Gasteiger partial charge in [-0.1, -0.05) is 6.07 Å². The fraction of sp³-hybridized carbons (Fsp3) is 0.333. The van der Waals surface area contributed by atoms with Crippen molar-refractivity contribution in [2.24, 2.45) is 0 Å². The van der Waals surface area contributed by atoms with Gasteiger partial charge >= 0.3 is 0 Å². The number of sulfonamides is 1. The molecule has 0 aromatic carbocycles. The van der Waals surface area contributed by atoms with Crippen molar-refractivity contribution >= 4 is 10.0 Å². The molecule has 2 aromatic rings. The van der Waals surface area contributed by atoms with Gasteiger partial charge in [-0.15, -0.1) is 0 Å². The summed E-state index contributed by atoms with van der Waals surface area (Å²) in [4.78, 5) is 10.9. The molecule has 8 heteroatoms. The van der Waals surface area contributed by atoms with E-state index in [1.165, 1.54) is 6.07 Å². The highest BCUT2D eigenvalue weighted by Gasteiger charge is 2.20. The van der Waals surface area contributed by atoms with Gasteiger partial charge in [0, 0.05) is 25.1 Å². The van der Waals surface area contributed by atoms with Gasteiger partial charge in [-0.25, -0.2) is 18.4 Å². The first kappa shape index (κ1) is 14.6. The van der Waals surface area contributed by atoms with E-state index in [9.17, 15) is 8.42 Å². The van der Waals surface area contributed by atoms with Gasteiger partial charge in [-0.05, 0) is 25.6 Å². The molecule has 0 fully saturated rings. The third-order valence-corrected chi connectivity index (χ3v) is 4.17. The molecule has 0 radical (unpaired) electrons. The number of aromatic amines is 1. The number of nitrogens with zero attached hydrogens (tertiary/aromatic N) is 2. The standard InChI is InChI=1S/C12H17N5O2S/c1-9(12-14-5-6-15-12)17-20(18,19)11-4-3-10(7-13-2)8-16-11/h3-6,8-9,13,17H,7H2,1-2H3,(H,14,15). The van der Waals surface area contributed by atoms with Crippen molar-refractivity contribution in [1.82, 2.24) is 25.0 Å². The van der Waals surface area contributed by atoms with E-state index in [2.05, 4.69) is 25.0 Å². The highest BCUT2D eigenvalue weighted by Crippen LogP contribution is 2.12. The molecule has 20 heavy (non-hydrogen) atoms. The normalized spacial score (nSPS) is 13.3. The Balaban J connectivity index is 2.13. The molecular weight excluding hydrogens is 278 g/mol. The third-order valence-electron chi connectivity index (χ3n) is 2.72. The van der Waals surface area contributed by atoms with E-state index >= 15 is 0 Å². The summed E-state index contributed by atoms with van der Waals surface area (Å²) in [6.45, 7) is 2.36. The Morgan fingerprint density at radius 1 is 1.35 bits per heavy atom. The summed E-state index contributed by atoms with van der Waals surface area (Å²) in [6.07, 6.45) is 4.76. The van der Waals surface area contributed by atoms with Crippen LogP contribution < -0.4 is 10.0 Å². The first-order valence-electron chi connectivity index (χ1n) is 6.14. The second-order valence-corrected chi connectivity index (χ2v) is 6.01. The van der Waals surface area contributed by atoms with Crippen molar-refractivity contribution in [3.8, 4) is 0 Å². The molecule has 2 heterocycles. The van der Waals surface area contributed by atoms with Crippen molar-refractivity contribution in [3.63, 3.8) is 0 Å². The van der Waals surface area contributed by atoms with Crippen LogP contribution in [0.2, 0.25) is 0 Å². The van der Waals surface area contributed by atoms with Gasteiger partial charge in [0.25, 0.3) is 10.0 Å². The van der Waals surface area contributed by atoms with Gasteiger partial charge in [0.05, 0.1) is 6.04 Å². The molecule has 108 valence electrons. The molecule has 0 saturated carbocycles. The number of aromatic nitrogens is 3. The summed E-state index contributed by atoms with van der Waals surface area (Å²) >= 11 is 0. The number of H-pyrrole nitrogens is 1. The topological polar surface area (TPSA) is 99.8 Å². The van der Waals surface area contributed by atoms with Gasteiger partial charge in [0.1, 0.15) is 5.82 Å². The number of hydrogen-bond acceptors (Lipinski definition) is 5. The summed E-state index contributed by atoms with van der Waals surface area (Å²) in [7, 11) is -1.84. The SMILES string of the molecule is CNCc1ccc(S(=O)(=O)NC(C)c2ncc[nH]2)nc1. The maximum Gasteiger partial charge on any atom is 0.258 e. The molecule has 0 aliphatic rings. The van der Waals surface area contributed by atoms with E-state index in [0.29, 0.717) is 12.4 Å². The summed E-state index contributed by atoms with van der Waals surface area (Å²) in [5.74, 6) is 0.556. The largest absolute Gasteiger partial charge is 0.347 e. The van der Waals surface area contributed by atoms with Crippen LogP contribution in [0.15, 0.2) is 35.7 Å². The molecule has 0 aliphatic carbocycles. The smallest absolute Gasteiger partial charge is 0.258 e. The zero-order chi connectivity index (χ0) is 14.6. The highest BCUT2D eigenvalue weighted by atomic mass is 32.2. The summed E-state index contributed by atoms with van der Waals surface area (Å²) in [5.41, 5.74) is 0.922. The third kappa shape index (κ3) is 3.41. The van der Waals surface area contributed by atoms with E-state index in [4.69, 9.17) is 0 Å². The van der Waals surface area contributed by atoms with Crippen molar-refractivity contribution in [1.29, 1.82) is 0 Å². The van der Waals surface area contributed by atoms with Gasteiger partial charge in [0.2, 0.25) is 0 Å². The van der Waals surface area contributed by atoms with E-state index in [0.717, 1.165) is 5.56 Å². The van der Waals surface area contributed by atoms with Crippen LogP contribution in [0.4, 0.5) is 0 Å².